The van der Waals surface area contributed by atoms with E-state index in [1.54, 1.807) is 12.1 Å². The molecule has 1 saturated carbocycles. The van der Waals surface area contributed by atoms with Crippen LogP contribution in [0.1, 0.15) is 17.2 Å². The molecule has 1 aliphatic carbocycles. The number of aromatic nitrogens is 1. The third-order valence-electron chi connectivity index (χ3n) is 4.65. The molecule has 0 radical (unpaired) electrons. The number of hydrogen-bond donors (Lipinski definition) is 1. The Morgan fingerprint density at radius 2 is 1.88 bits per heavy atom. The van der Waals surface area contributed by atoms with Crippen molar-refractivity contribution in [2.45, 2.75) is 12.5 Å². The minimum absolute atomic E-state index is 0. The topological polar surface area (TPSA) is 34.1 Å². The van der Waals surface area contributed by atoms with E-state index >= 15 is 0 Å². The van der Waals surface area contributed by atoms with Gasteiger partial charge in [-0.1, -0.05) is 17.7 Å². The Balaban J connectivity index is 0.00000169. The van der Waals surface area contributed by atoms with Crippen molar-refractivity contribution in [2.24, 2.45) is 11.8 Å². The molecule has 0 unspecified atom stereocenters. The second-order valence-electron chi connectivity index (χ2n) is 6.05. The molecule has 2 heterocycles. The van der Waals surface area contributed by atoms with E-state index in [9.17, 15) is 8.78 Å². The summed E-state index contributed by atoms with van der Waals surface area (Å²) in [5.74, 6) is 0.708. The van der Waals surface area contributed by atoms with Crippen LogP contribution in [0, 0.1) is 23.5 Å². The molecule has 7 heteroatoms. The normalized spacial score (nSPS) is 24.2. The van der Waals surface area contributed by atoms with Gasteiger partial charge in [-0.05, 0) is 43.1 Å². The molecule has 0 bridgehead atoms. The Labute approximate surface area is 149 Å². The summed E-state index contributed by atoms with van der Waals surface area (Å²) in [5.41, 5.74) is 0.852. The van der Waals surface area contributed by atoms with Gasteiger partial charge >= 0.3 is 0 Å². The minimum Gasteiger partial charge on any atom is -0.473 e. The lowest BCUT2D eigenvalue weighted by Crippen LogP contribution is -2.15. The Hall–Kier alpha value is -1.43. The zero-order valence-electron chi connectivity index (χ0n) is 12.6. The molecule has 0 amide bonds. The molecule has 24 heavy (non-hydrogen) atoms. The number of rotatable bonds is 4. The van der Waals surface area contributed by atoms with Crippen molar-refractivity contribution in [3.05, 3.63) is 58.2 Å². The highest BCUT2D eigenvalue weighted by Crippen LogP contribution is 2.55. The first-order valence-corrected chi connectivity index (χ1v) is 7.95. The highest BCUT2D eigenvalue weighted by molar-refractivity contribution is 6.30. The van der Waals surface area contributed by atoms with Crippen LogP contribution in [-0.4, -0.2) is 18.1 Å². The third kappa shape index (κ3) is 3.21. The highest BCUT2D eigenvalue weighted by atomic mass is 35.5. The van der Waals surface area contributed by atoms with Crippen LogP contribution in [0.5, 0.6) is 5.88 Å². The summed E-state index contributed by atoms with van der Waals surface area (Å²) >= 11 is 5.72. The summed E-state index contributed by atoms with van der Waals surface area (Å²) in [7, 11) is 0. The summed E-state index contributed by atoms with van der Waals surface area (Å²) in [4.78, 5) is 4.31. The fourth-order valence-electron chi connectivity index (χ4n) is 3.37. The van der Waals surface area contributed by atoms with Crippen LogP contribution in [0.25, 0.3) is 0 Å². The number of ether oxygens (including phenoxy) is 1. The van der Waals surface area contributed by atoms with E-state index in [0.717, 1.165) is 13.1 Å². The first kappa shape index (κ1) is 17.4. The van der Waals surface area contributed by atoms with Crippen LogP contribution < -0.4 is 10.1 Å². The SMILES string of the molecule is Cl.Fc1cc(Cl)ccc1COc1ccc(F)c([C@@H]2[C@@H]3CNC[C@@H]32)n1. The molecule has 2 aliphatic rings. The smallest absolute Gasteiger partial charge is 0.213 e. The van der Waals surface area contributed by atoms with Crippen LogP contribution in [0.2, 0.25) is 5.02 Å². The summed E-state index contributed by atoms with van der Waals surface area (Å²) in [6.07, 6.45) is 0. The first-order valence-electron chi connectivity index (χ1n) is 7.57. The zero-order valence-corrected chi connectivity index (χ0v) is 14.2. The largest absolute Gasteiger partial charge is 0.473 e. The van der Waals surface area contributed by atoms with Crippen LogP contribution in [0.3, 0.4) is 0 Å². The van der Waals surface area contributed by atoms with Gasteiger partial charge in [0.2, 0.25) is 5.88 Å². The molecule has 3 nitrogen and oxygen atoms in total. The number of nitrogens with one attached hydrogen (secondary N) is 1. The predicted molar refractivity (Wildman–Crippen MR) is 89.8 cm³/mol. The van der Waals surface area contributed by atoms with Gasteiger partial charge in [0, 0.05) is 22.6 Å². The van der Waals surface area contributed by atoms with E-state index in [0.29, 0.717) is 34.0 Å². The van der Waals surface area contributed by atoms with E-state index in [1.165, 1.54) is 18.2 Å². The second-order valence-corrected chi connectivity index (χ2v) is 6.49. The van der Waals surface area contributed by atoms with E-state index in [1.807, 2.05) is 0 Å². The van der Waals surface area contributed by atoms with E-state index < -0.39 is 5.82 Å². The molecular formula is C17H16Cl2F2N2O. The molecular weight excluding hydrogens is 357 g/mol. The van der Waals surface area contributed by atoms with Crippen molar-refractivity contribution >= 4 is 24.0 Å². The van der Waals surface area contributed by atoms with Gasteiger partial charge in [-0.15, -0.1) is 12.4 Å². The second kappa shape index (κ2) is 6.82. The maximum Gasteiger partial charge on any atom is 0.213 e. The maximum absolute atomic E-state index is 14.0. The van der Waals surface area contributed by atoms with E-state index in [2.05, 4.69) is 10.3 Å². The average Bonchev–Trinajstić information content (AvgIpc) is 2.99. The van der Waals surface area contributed by atoms with E-state index in [4.69, 9.17) is 16.3 Å². The molecule has 2 fully saturated rings. The number of halogens is 4. The van der Waals surface area contributed by atoms with E-state index in [-0.39, 0.29) is 30.7 Å². The molecule has 0 spiro atoms. The van der Waals surface area contributed by atoms with Gasteiger partial charge in [0.15, 0.2) is 0 Å². The number of nitrogens with zero attached hydrogens (tertiary/aromatic N) is 1. The van der Waals surface area contributed by atoms with Gasteiger partial charge in [0.25, 0.3) is 0 Å². The van der Waals surface area contributed by atoms with Gasteiger partial charge in [0.1, 0.15) is 18.2 Å². The lowest BCUT2D eigenvalue weighted by atomic mass is 10.1. The Kier molecular flexibility index (Phi) is 4.95. The number of piperidine rings is 1. The van der Waals surface area contributed by atoms with Crippen LogP contribution in [0.4, 0.5) is 8.78 Å². The standard InChI is InChI=1S/C17H15ClF2N2O.ClH/c18-10-2-1-9(14(20)5-10)8-23-15-4-3-13(19)17(22-15)16-11-6-21-7-12(11)16;/h1-5,11-12,16,21H,6-8H2;1H/t11-,12+,16-;. The summed E-state index contributed by atoms with van der Waals surface area (Å²) < 4.78 is 33.3. The Morgan fingerprint density at radius 3 is 2.58 bits per heavy atom. The molecule has 128 valence electrons. The van der Waals surface area contributed by atoms with Crippen molar-refractivity contribution in [2.75, 3.05) is 13.1 Å². The molecule has 2 aromatic rings. The summed E-state index contributed by atoms with van der Waals surface area (Å²) in [6, 6.07) is 7.26. The summed E-state index contributed by atoms with van der Waals surface area (Å²) in [5, 5.41) is 3.61. The monoisotopic (exact) mass is 372 g/mol. The molecule has 4 rings (SSSR count). The van der Waals surface area contributed by atoms with Gasteiger partial charge in [0.05, 0.1) is 5.69 Å². The van der Waals surface area contributed by atoms with Crippen molar-refractivity contribution < 1.29 is 13.5 Å². The average molecular weight is 373 g/mol. The number of hydrogen-bond acceptors (Lipinski definition) is 3. The lowest BCUT2D eigenvalue weighted by Gasteiger charge is -2.10. The molecule has 1 aliphatic heterocycles. The van der Waals surface area contributed by atoms with Crippen molar-refractivity contribution in [3.8, 4) is 5.88 Å². The minimum atomic E-state index is -0.428. The summed E-state index contributed by atoms with van der Waals surface area (Å²) in [6.45, 7) is 1.86. The highest BCUT2D eigenvalue weighted by Gasteiger charge is 2.55. The molecule has 1 aromatic heterocycles. The zero-order chi connectivity index (χ0) is 16.0. The Bertz CT molecular complexity index is 749. The molecule has 1 aromatic carbocycles. The third-order valence-corrected chi connectivity index (χ3v) is 4.88. The van der Waals surface area contributed by atoms with Gasteiger partial charge in [-0.3, -0.25) is 0 Å². The van der Waals surface area contributed by atoms with Gasteiger partial charge in [-0.25, -0.2) is 13.8 Å². The number of benzene rings is 1. The number of fused-ring (bicyclic) bond motifs is 1. The maximum atomic E-state index is 14.0. The quantitative estimate of drug-likeness (QED) is 0.882. The van der Waals surface area contributed by atoms with Crippen LogP contribution in [0.15, 0.2) is 30.3 Å². The van der Waals surface area contributed by atoms with Crippen LogP contribution >= 0.6 is 24.0 Å². The van der Waals surface area contributed by atoms with Crippen molar-refractivity contribution in [1.82, 2.24) is 10.3 Å². The molecule has 3 atom stereocenters. The first-order chi connectivity index (χ1) is 11.1. The lowest BCUT2D eigenvalue weighted by molar-refractivity contribution is 0.286. The van der Waals surface area contributed by atoms with Crippen molar-refractivity contribution in [3.63, 3.8) is 0 Å². The van der Waals surface area contributed by atoms with Gasteiger partial charge in [-0.2, -0.15) is 0 Å². The fraction of sp³-hybridized carbons (Fsp3) is 0.353. The molecule has 1 N–H and O–H groups in total. The Morgan fingerprint density at radius 1 is 1.12 bits per heavy atom. The number of pyridine rings is 1. The van der Waals surface area contributed by atoms with Crippen LogP contribution in [-0.2, 0) is 6.61 Å². The van der Waals surface area contributed by atoms with Gasteiger partial charge < -0.3 is 10.1 Å². The fourth-order valence-corrected chi connectivity index (χ4v) is 3.53. The molecule has 1 saturated heterocycles. The van der Waals surface area contributed by atoms with Crippen molar-refractivity contribution in [1.29, 1.82) is 0 Å². The predicted octanol–water partition coefficient (Wildman–Crippen LogP) is 3.95.